The van der Waals surface area contributed by atoms with Crippen LogP contribution < -0.4 is 0 Å². The van der Waals surface area contributed by atoms with Crippen molar-refractivity contribution in [2.75, 3.05) is 6.54 Å². The quantitative estimate of drug-likeness (QED) is 0.348. The SMILES string of the molecule is CCC(=NC1=CN(C(C)C(c2ccc(F)cc2F)n2cncn2)CCC=C1C)c1ccc(Cl)cc1. The number of benzene rings is 2. The van der Waals surface area contributed by atoms with Gasteiger partial charge < -0.3 is 4.90 Å². The predicted molar refractivity (Wildman–Crippen MR) is 135 cm³/mol. The molecule has 2 atom stereocenters. The number of hydrogen-bond acceptors (Lipinski definition) is 4. The van der Waals surface area contributed by atoms with Crippen molar-refractivity contribution in [1.29, 1.82) is 0 Å². The fourth-order valence-corrected chi connectivity index (χ4v) is 4.46. The minimum atomic E-state index is -0.614. The maximum atomic E-state index is 14.9. The normalized spacial score (nSPS) is 16.4. The molecule has 0 N–H and O–H groups in total. The summed E-state index contributed by atoms with van der Waals surface area (Å²) in [6.07, 6.45) is 8.74. The Labute approximate surface area is 209 Å². The molecule has 1 aromatic heterocycles. The van der Waals surface area contributed by atoms with Gasteiger partial charge in [-0.3, -0.25) is 4.99 Å². The molecule has 0 bridgehead atoms. The molecular formula is C27H28ClF2N5. The van der Waals surface area contributed by atoms with E-state index in [4.69, 9.17) is 16.6 Å². The third kappa shape index (κ3) is 5.68. The molecule has 0 radical (unpaired) electrons. The van der Waals surface area contributed by atoms with Crippen molar-refractivity contribution in [3.8, 4) is 0 Å². The van der Waals surface area contributed by atoms with Gasteiger partial charge in [0.15, 0.2) is 0 Å². The highest BCUT2D eigenvalue weighted by atomic mass is 35.5. The van der Waals surface area contributed by atoms with Crippen molar-refractivity contribution in [2.24, 2.45) is 4.99 Å². The zero-order chi connectivity index (χ0) is 24.9. The third-order valence-corrected chi connectivity index (χ3v) is 6.53. The van der Waals surface area contributed by atoms with Gasteiger partial charge in [-0.25, -0.2) is 18.4 Å². The van der Waals surface area contributed by atoms with E-state index in [1.54, 1.807) is 11.0 Å². The third-order valence-electron chi connectivity index (χ3n) is 6.28. The van der Waals surface area contributed by atoms with E-state index < -0.39 is 17.7 Å². The Hall–Kier alpha value is -3.32. The van der Waals surface area contributed by atoms with Crippen molar-refractivity contribution < 1.29 is 8.78 Å². The Morgan fingerprint density at radius 3 is 2.60 bits per heavy atom. The fourth-order valence-electron chi connectivity index (χ4n) is 4.34. The molecule has 4 rings (SSSR count). The number of nitrogens with zero attached hydrogens (tertiary/aromatic N) is 5. The maximum Gasteiger partial charge on any atom is 0.137 e. The molecule has 0 amide bonds. The van der Waals surface area contributed by atoms with Crippen LogP contribution in [0.2, 0.25) is 5.02 Å². The minimum Gasteiger partial charge on any atom is -0.370 e. The number of halogens is 3. The van der Waals surface area contributed by atoms with Crippen LogP contribution in [0, 0.1) is 11.6 Å². The van der Waals surface area contributed by atoms with Crippen molar-refractivity contribution in [3.05, 3.63) is 106 Å². The molecule has 8 heteroatoms. The van der Waals surface area contributed by atoms with Crippen LogP contribution in [-0.4, -0.2) is 38.0 Å². The van der Waals surface area contributed by atoms with Gasteiger partial charge in [0.25, 0.3) is 0 Å². The lowest BCUT2D eigenvalue weighted by Crippen LogP contribution is -2.38. The maximum absolute atomic E-state index is 14.9. The zero-order valence-corrected chi connectivity index (χ0v) is 20.8. The summed E-state index contributed by atoms with van der Waals surface area (Å²) in [6.45, 7) is 6.84. The summed E-state index contributed by atoms with van der Waals surface area (Å²) in [5.41, 5.74) is 4.24. The first-order valence-electron chi connectivity index (χ1n) is 11.6. The van der Waals surface area contributed by atoms with Crippen LogP contribution in [0.25, 0.3) is 0 Å². The molecule has 2 unspecified atom stereocenters. The van der Waals surface area contributed by atoms with E-state index in [9.17, 15) is 8.78 Å². The molecule has 0 aliphatic carbocycles. The average Bonchev–Trinajstić information content (AvgIpc) is 3.30. The Morgan fingerprint density at radius 1 is 1.17 bits per heavy atom. The van der Waals surface area contributed by atoms with Crippen LogP contribution in [0.5, 0.6) is 0 Å². The molecule has 0 saturated carbocycles. The molecule has 0 saturated heterocycles. The summed E-state index contributed by atoms with van der Waals surface area (Å²) in [5, 5.41) is 4.97. The second kappa shape index (κ2) is 11.0. The summed E-state index contributed by atoms with van der Waals surface area (Å²) in [5.74, 6) is -1.23. The minimum absolute atomic E-state index is 0.221. The molecular weight excluding hydrogens is 468 g/mol. The van der Waals surface area contributed by atoms with Gasteiger partial charge in [0.05, 0.1) is 11.7 Å². The molecule has 1 aliphatic heterocycles. The Morgan fingerprint density at radius 2 is 1.94 bits per heavy atom. The highest BCUT2D eigenvalue weighted by Gasteiger charge is 2.29. The lowest BCUT2D eigenvalue weighted by atomic mass is 9.98. The lowest BCUT2D eigenvalue weighted by molar-refractivity contribution is 0.229. The predicted octanol–water partition coefficient (Wildman–Crippen LogP) is 6.58. The summed E-state index contributed by atoms with van der Waals surface area (Å²) in [7, 11) is 0. The molecule has 182 valence electrons. The summed E-state index contributed by atoms with van der Waals surface area (Å²) in [6, 6.07) is 10.6. The summed E-state index contributed by atoms with van der Waals surface area (Å²) in [4.78, 5) is 11.2. The molecule has 35 heavy (non-hydrogen) atoms. The van der Waals surface area contributed by atoms with Crippen molar-refractivity contribution in [2.45, 2.75) is 45.7 Å². The molecule has 2 heterocycles. The highest BCUT2D eigenvalue weighted by molar-refractivity contribution is 6.30. The van der Waals surface area contributed by atoms with Crippen molar-refractivity contribution >= 4 is 17.3 Å². The van der Waals surface area contributed by atoms with E-state index in [2.05, 4.69) is 28.0 Å². The highest BCUT2D eigenvalue weighted by Crippen LogP contribution is 2.30. The Balaban J connectivity index is 1.73. The number of aliphatic imine (C=N–C) groups is 1. The van der Waals surface area contributed by atoms with Gasteiger partial charge in [0, 0.05) is 35.1 Å². The largest absolute Gasteiger partial charge is 0.370 e. The molecule has 0 fully saturated rings. The van der Waals surface area contributed by atoms with Crippen LogP contribution >= 0.6 is 11.6 Å². The second-order valence-corrected chi connectivity index (χ2v) is 9.01. The molecule has 3 aromatic rings. The number of hydrogen-bond donors (Lipinski definition) is 0. The fraction of sp³-hybridized carbons (Fsp3) is 0.296. The van der Waals surface area contributed by atoms with Crippen LogP contribution in [0.1, 0.15) is 50.8 Å². The topological polar surface area (TPSA) is 46.3 Å². The Kier molecular flexibility index (Phi) is 7.76. The van der Waals surface area contributed by atoms with Gasteiger partial charge in [-0.15, -0.1) is 0 Å². The average molecular weight is 496 g/mol. The van der Waals surface area contributed by atoms with Gasteiger partial charge in [-0.1, -0.05) is 42.8 Å². The molecule has 1 aliphatic rings. The van der Waals surface area contributed by atoms with E-state index >= 15 is 0 Å². The van der Waals surface area contributed by atoms with Crippen LogP contribution in [-0.2, 0) is 0 Å². The van der Waals surface area contributed by atoms with Gasteiger partial charge in [-0.05, 0) is 56.0 Å². The first-order valence-corrected chi connectivity index (χ1v) is 12.0. The first kappa shape index (κ1) is 24.8. The van der Waals surface area contributed by atoms with Gasteiger partial charge in [0.1, 0.15) is 30.3 Å². The van der Waals surface area contributed by atoms with E-state index in [1.165, 1.54) is 18.5 Å². The van der Waals surface area contributed by atoms with E-state index in [-0.39, 0.29) is 6.04 Å². The monoisotopic (exact) mass is 495 g/mol. The van der Waals surface area contributed by atoms with Crippen molar-refractivity contribution in [3.63, 3.8) is 0 Å². The number of aromatic nitrogens is 3. The van der Waals surface area contributed by atoms with Gasteiger partial charge in [0.2, 0.25) is 0 Å². The first-order chi connectivity index (χ1) is 16.9. The van der Waals surface area contributed by atoms with E-state index in [0.717, 1.165) is 41.5 Å². The number of allylic oxidation sites excluding steroid dienone is 1. The van der Waals surface area contributed by atoms with Crippen LogP contribution in [0.4, 0.5) is 8.78 Å². The van der Waals surface area contributed by atoms with Crippen LogP contribution in [0.3, 0.4) is 0 Å². The smallest absolute Gasteiger partial charge is 0.137 e. The summed E-state index contributed by atoms with van der Waals surface area (Å²) < 4.78 is 30.2. The van der Waals surface area contributed by atoms with Crippen molar-refractivity contribution in [1.82, 2.24) is 19.7 Å². The molecule has 5 nitrogen and oxygen atoms in total. The second-order valence-electron chi connectivity index (χ2n) is 8.57. The van der Waals surface area contributed by atoms with Gasteiger partial charge in [-0.2, -0.15) is 5.10 Å². The molecule has 2 aromatic carbocycles. The zero-order valence-electron chi connectivity index (χ0n) is 20.0. The lowest BCUT2D eigenvalue weighted by Gasteiger charge is -2.34. The van der Waals surface area contributed by atoms with Crippen LogP contribution in [0.15, 0.2) is 83.7 Å². The molecule has 0 spiro atoms. The Bertz CT molecular complexity index is 1250. The summed E-state index contributed by atoms with van der Waals surface area (Å²) >= 11 is 6.07. The standard InChI is InChI=1S/C27H28ClF2N5/c1-4-25(20-7-9-21(28)10-8-20)33-26-15-34(13-5-6-18(26)2)19(3)27(35-17-31-16-32-35)23-12-11-22(29)14-24(23)30/h6-12,14-17,19,27H,4-5,13H2,1-3H3. The number of rotatable bonds is 7. The van der Waals surface area contributed by atoms with E-state index in [1.807, 2.05) is 44.3 Å². The van der Waals surface area contributed by atoms with E-state index in [0.29, 0.717) is 17.1 Å². The van der Waals surface area contributed by atoms with Gasteiger partial charge >= 0.3 is 0 Å².